The lowest BCUT2D eigenvalue weighted by atomic mass is 10.2. The van der Waals surface area contributed by atoms with E-state index in [1.807, 2.05) is 0 Å². The minimum absolute atomic E-state index is 0.0395. The highest BCUT2D eigenvalue weighted by molar-refractivity contribution is 7.92. The summed E-state index contributed by atoms with van der Waals surface area (Å²) in [6, 6.07) is 10.6. The van der Waals surface area contributed by atoms with Gasteiger partial charge in [-0.25, -0.2) is 21.6 Å². The van der Waals surface area contributed by atoms with Gasteiger partial charge < -0.3 is 4.74 Å². The number of ether oxygens (including phenoxy) is 1. The van der Waals surface area contributed by atoms with Crippen LogP contribution in [0.3, 0.4) is 0 Å². The Labute approximate surface area is 140 Å². The zero-order chi connectivity index (χ0) is 18.0. The Morgan fingerprint density at radius 2 is 1.38 bits per heavy atom. The van der Waals surface area contributed by atoms with Crippen LogP contribution in [0.15, 0.2) is 58.3 Å². The van der Waals surface area contributed by atoms with Crippen molar-refractivity contribution in [3.63, 3.8) is 0 Å². The maximum atomic E-state index is 12.3. The Kier molecular flexibility index (Phi) is 4.95. The zero-order valence-corrected chi connectivity index (χ0v) is 14.5. The molecule has 2 aromatic rings. The fourth-order valence-electron chi connectivity index (χ4n) is 1.87. The molecule has 0 saturated carbocycles. The lowest BCUT2D eigenvalue weighted by Crippen LogP contribution is -2.13. The summed E-state index contributed by atoms with van der Waals surface area (Å²) in [5.74, 6) is -0.566. The van der Waals surface area contributed by atoms with E-state index in [-0.39, 0.29) is 21.0 Å². The van der Waals surface area contributed by atoms with Crippen molar-refractivity contribution in [1.29, 1.82) is 0 Å². The van der Waals surface area contributed by atoms with Crippen LogP contribution in [0.25, 0.3) is 0 Å². The number of hydrogen-bond donors (Lipinski definition) is 1. The van der Waals surface area contributed by atoms with Gasteiger partial charge >= 0.3 is 5.97 Å². The first-order valence-electron chi connectivity index (χ1n) is 6.65. The summed E-state index contributed by atoms with van der Waals surface area (Å²) in [5, 5.41) is 0. The summed E-state index contributed by atoms with van der Waals surface area (Å²) < 4.78 is 54.2. The summed E-state index contributed by atoms with van der Waals surface area (Å²) >= 11 is 0. The van der Waals surface area contributed by atoms with Crippen molar-refractivity contribution in [3.05, 3.63) is 54.1 Å². The second-order valence-electron chi connectivity index (χ2n) is 4.92. The molecule has 0 saturated heterocycles. The molecule has 7 nitrogen and oxygen atoms in total. The van der Waals surface area contributed by atoms with Crippen LogP contribution in [0.4, 0.5) is 5.69 Å². The van der Waals surface area contributed by atoms with E-state index in [2.05, 4.69) is 9.46 Å². The predicted octanol–water partition coefficient (Wildman–Crippen LogP) is 1.68. The van der Waals surface area contributed by atoms with Crippen molar-refractivity contribution >= 4 is 31.5 Å². The number of hydrogen-bond acceptors (Lipinski definition) is 6. The minimum atomic E-state index is -3.86. The molecule has 9 heteroatoms. The summed E-state index contributed by atoms with van der Waals surface area (Å²) in [4.78, 5) is 11.4. The van der Waals surface area contributed by atoms with Crippen molar-refractivity contribution in [2.45, 2.75) is 9.79 Å². The maximum absolute atomic E-state index is 12.3. The first-order valence-corrected chi connectivity index (χ1v) is 10.0. The minimum Gasteiger partial charge on any atom is -0.465 e. The molecular formula is C15H15NO6S2. The fourth-order valence-corrected chi connectivity index (χ4v) is 3.56. The molecule has 0 amide bonds. The molecule has 0 unspecified atom stereocenters. The number of anilines is 1. The molecule has 2 aromatic carbocycles. The smallest absolute Gasteiger partial charge is 0.337 e. The van der Waals surface area contributed by atoms with Gasteiger partial charge in [0.15, 0.2) is 9.84 Å². The van der Waals surface area contributed by atoms with Gasteiger partial charge in [0, 0.05) is 11.9 Å². The molecule has 2 rings (SSSR count). The SMILES string of the molecule is COC(=O)c1ccc(S(=O)(=O)Nc2ccc(S(C)(=O)=O)cc2)cc1. The molecule has 1 N–H and O–H groups in total. The van der Waals surface area contributed by atoms with Gasteiger partial charge in [0.2, 0.25) is 0 Å². The second-order valence-corrected chi connectivity index (χ2v) is 8.62. The van der Waals surface area contributed by atoms with Crippen LogP contribution in [-0.2, 0) is 24.6 Å². The predicted molar refractivity (Wildman–Crippen MR) is 88.1 cm³/mol. The van der Waals surface area contributed by atoms with E-state index >= 15 is 0 Å². The van der Waals surface area contributed by atoms with Crippen molar-refractivity contribution in [1.82, 2.24) is 0 Å². The lowest BCUT2D eigenvalue weighted by Gasteiger charge is -2.09. The van der Waals surface area contributed by atoms with Gasteiger partial charge in [0.05, 0.1) is 22.5 Å². The Balaban J connectivity index is 2.23. The van der Waals surface area contributed by atoms with E-state index in [4.69, 9.17) is 0 Å². The Morgan fingerprint density at radius 1 is 0.875 bits per heavy atom. The molecule has 0 radical (unpaired) electrons. The molecular weight excluding hydrogens is 354 g/mol. The van der Waals surface area contributed by atoms with E-state index in [1.54, 1.807) is 0 Å². The molecule has 0 aliphatic carbocycles. The van der Waals surface area contributed by atoms with Gasteiger partial charge in [0.1, 0.15) is 0 Å². The summed E-state index contributed by atoms with van der Waals surface area (Å²) in [7, 11) is -5.98. The van der Waals surface area contributed by atoms with Crippen molar-refractivity contribution in [3.8, 4) is 0 Å². The van der Waals surface area contributed by atoms with Crippen LogP contribution >= 0.6 is 0 Å². The van der Waals surface area contributed by atoms with Gasteiger partial charge in [-0.3, -0.25) is 4.72 Å². The van der Waals surface area contributed by atoms with Gasteiger partial charge in [-0.05, 0) is 48.5 Å². The quantitative estimate of drug-likeness (QED) is 0.804. The Bertz CT molecular complexity index is 946. The van der Waals surface area contributed by atoms with Crippen molar-refractivity contribution < 1.29 is 26.4 Å². The second kappa shape index (κ2) is 6.62. The Hall–Kier alpha value is -2.39. The summed E-state index contributed by atoms with van der Waals surface area (Å²) in [6.07, 6.45) is 1.06. The standard InChI is InChI=1S/C15H15NO6S2/c1-22-15(17)11-3-7-14(8-4-11)24(20,21)16-12-5-9-13(10-6-12)23(2,18)19/h3-10,16H,1-2H3. The van der Waals surface area contributed by atoms with Crippen molar-refractivity contribution in [2.75, 3.05) is 18.1 Å². The zero-order valence-electron chi connectivity index (χ0n) is 12.9. The van der Waals surface area contributed by atoms with Crippen LogP contribution in [0.5, 0.6) is 0 Å². The number of sulfonamides is 1. The number of nitrogens with one attached hydrogen (secondary N) is 1. The third kappa shape index (κ3) is 4.12. The summed E-state index contributed by atoms with van der Waals surface area (Å²) in [5.41, 5.74) is 0.452. The topological polar surface area (TPSA) is 107 Å². The van der Waals surface area contributed by atoms with E-state index in [9.17, 15) is 21.6 Å². The molecule has 0 fully saturated rings. The van der Waals surface area contributed by atoms with Gasteiger partial charge in [-0.15, -0.1) is 0 Å². The molecule has 0 aliphatic heterocycles. The number of methoxy groups -OCH3 is 1. The third-order valence-electron chi connectivity index (χ3n) is 3.12. The van der Waals surface area contributed by atoms with Crippen LogP contribution < -0.4 is 4.72 Å². The van der Waals surface area contributed by atoms with Crippen LogP contribution in [0, 0.1) is 0 Å². The monoisotopic (exact) mass is 369 g/mol. The molecule has 0 atom stereocenters. The maximum Gasteiger partial charge on any atom is 0.337 e. The number of rotatable bonds is 5. The van der Waals surface area contributed by atoms with E-state index < -0.39 is 25.8 Å². The lowest BCUT2D eigenvalue weighted by molar-refractivity contribution is 0.0600. The number of carbonyl (C=O) groups excluding carboxylic acids is 1. The molecule has 0 spiro atoms. The average Bonchev–Trinajstić information content (AvgIpc) is 2.53. The highest BCUT2D eigenvalue weighted by Crippen LogP contribution is 2.19. The highest BCUT2D eigenvalue weighted by Gasteiger charge is 2.16. The highest BCUT2D eigenvalue weighted by atomic mass is 32.2. The van der Waals surface area contributed by atoms with Gasteiger partial charge in [-0.2, -0.15) is 0 Å². The number of esters is 1. The fraction of sp³-hybridized carbons (Fsp3) is 0.133. The molecule has 0 aromatic heterocycles. The molecule has 0 bridgehead atoms. The average molecular weight is 369 g/mol. The number of sulfone groups is 1. The molecule has 128 valence electrons. The summed E-state index contributed by atoms with van der Waals surface area (Å²) in [6.45, 7) is 0. The van der Waals surface area contributed by atoms with Gasteiger partial charge in [0.25, 0.3) is 10.0 Å². The normalized spacial score (nSPS) is 11.8. The third-order valence-corrected chi connectivity index (χ3v) is 5.65. The van der Waals surface area contributed by atoms with Crippen LogP contribution in [0.1, 0.15) is 10.4 Å². The van der Waals surface area contributed by atoms with Crippen LogP contribution in [-0.4, -0.2) is 36.2 Å². The number of benzene rings is 2. The first-order chi connectivity index (χ1) is 11.1. The largest absolute Gasteiger partial charge is 0.465 e. The Morgan fingerprint density at radius 3 is 1.83 bits per heavy atom. The molecule has 0 aliphatic rings. The first kappa shape index (κ1) is 18.0. The van der Waals surface area contributed by atoms with Gasteiger partial charge in [-0.1, -0.05) is 0 Å². The molecule has 0 heterocycles. The number of carbonyl (C=O) groups is 1. The molecule has 24 heavy (non-hydrogen) atoms. The van der Waals surface area contributed by atoms with E-state index in [1.165, 1.54) is 55.6 Å². The van der Waals surface area contributed by atoms with E-state index in [0.29, 0.717) is 0 Å². The van der Waals surface area contributed by atoms with E-state index in [0.717, 1.165) is 6.26 Å². The van der Waals surface area contributed by atoms with Crippen LogP contribution in [0.2, 0.25) is 0 Å². The van der Waals surface area contributed by atoms with Crippen molar-refractivity contribution in [2.24, 2.45) is 0 Å².